The monoisotopic (exact) mass is 346 g/mol. The average Bonchev–Trinajstić information content (AvgIpc) is 2.32. The molecule has 1 aliphatic rings. The summed E-state index contributed by atoms with van der Waals surface area (Å²) in [6.45, 7) is 1.81. The molecule has 0 spiro atoms. The van der Waals surface area contributed by atoms with E-state index in [9.17, 15) is 13.6 Å². The number of primary amides is 1. The van der Waals surface area contributed by atoms with E-state index in [-0.39, 0.29) is 24.8 Å². The van der Waals surface area contributed by atoms with Crippen molar-refractivity contribution in [2.24, 2.45) is 11.7 Å². The van der Waals surface area contributed by atoms with Crippen LogP contribution in [0.5, 0.6) is 0 Å². The summed E-state index contributed by atoms with van der Waals surface area (Å²) in [6.07, 6.45) is -0.268. The maximum atomic E-state index is 12.9. The largest absolute Gasteiger partial charge is 0.368 e. The number of nitrogens with two attached hydrogens (primary N) is 1. The second-order valence-corrected chi connectivity index (χ2v) is 6.29. The molecule has 0 radical (unpaired) electrons. The zero-order chi connectivity index (χ0) is 14.9. The summed E-state index contributed by atoms with van der Waals surface area (Å²) < 4.78 is 26.6. The number of carbonyl (C=O) groups excluding carboxylic acids is 1. The molecule has 1 amide bonds. The Morgan fingerprint density at radius 3 is 2.65 bits per heavy atom. The van der Waals surface area contributed by atoms with Crippen LogP contribution in [0.2, 0.25) is 0 Å². The van der Waals surface area contributed by atoms with Crippen LogP contribution < -0.4 is 11.1 Å². The van der Waals surface area contributed by atoms with E-state index in [1.807, 2.05) is 13.0 Å². The van der Waals surface area contributed by atoms with E-state index in [0.717, 1.165) is 10.0 Å². The summed E-state index contributed by atoms with van der Waals surface area (Å²) in [5.74, 6) is -3.20. The van der Waals surface area contributed by atoms with E-state index in [1.54, 1.807) is 18.2 Å². The van der Waals surface area contributed by atoms with E-state index in [0.29, 0.717) is 0 Å². The Bertz CT molecular complexity index is 502. The molecule has 2 unspecified atom stereocenters. The van der Waals surface area contributed by atoms with Gasteiger partial charge in [0.1, 0.15) is 6.04 Å². The molecule has 1 aromatic carbocycles. The van der Waals surface area contributed by atoms with Gasteiger partial charge in [-0.3, -0.25) is 10.1 Å². The number of amides is 1. The first kappa shape index (κ1) is 15.4. The fourth-order valence-corrected chi connectivity index (χ4v) is 2.91. The molecule has 1 aromatic rings. The minimum absolute atomic E-state index is 0.126. The van der Waals surface area contributed by atoms with Crippen molar-refractivity contribution in [3.8, 4) is 0 Å². The highest BCUT2D eigenvalue weighted by Crippen LogP contribution is 2.44. The van der Waals surface area contributed by atoms with E-state index >= 15 is 0 Å². The third kappa shape index (κ3) is 3.55. The highest BCUT2D eigenvalue weighted by molar-refractivity contribution is 9.10. The molecule has 6 heteroatoms. The van der Waals surface area contributed by atoms with Gasteiger partial charge >= 0.3 is 0 Å². The smallest absolute Gasteiger partial charge is 0.248 e. The Morgan fingerprint density at radius 2 is 2.15 bits per heavy atom. The lowest BCUT2D eigenvalue weighted by atomic mass is 9.76. The van der Waals surface area contributed by atoms with Gasteiger partial charge in [-0.25, -0.2) is 8.78 Å². The summed E-state index contributed by atoms with van der Waals surface area (Å²) in [6, 6.07) is 6.37. The number of hydrogen-bond acceptors (Lipinski definition) is 2. The van der Waals surface area contributed by atoms with Crippen molar-refractivity contribution >= 4 is 21.8 Å². The van der Waals surface area contributed by atoms with Gasteiger partial charge in [0.2, 0.25) is 11.8 Å². The molecule has 1 saturated carbocycles. The Kier molecular flexibility index (Phi) is 4.44. The van der Waals surface area contributed by atoms with Crippen LogP contribution in [0, 0.1) is 5.92 Å². The van der Waals surface area contributed by atoms with Gasteiger partial charge in [-0.15, -0.1) is 0 Å². The summed E-state index contributed by atoms with van der Waals surface area (Å²) in [4.78, 5) is 11.6. The molecular weight excluding hydrogens is 330 g/mol. The van der Waals surface area contributed by atoms with Crippen molar-refractivity contribution in [3.05, 3.63) is 34.3 Å². The van der Waals surface area contributed by atoms with Crippen LogP contribution in [0.4, 0.5) is 8.78 Å². The minimum Gasteiger partial charge on any atom is -0.368 e. The van der Waals surface area contributed by atoms with Crippen LogP contribution in [0.15, 0.2) is 28.7 Å². The predicted octanol–water partition coefficient (Wildman–Crippen LogP) is 3.00. The van der Waals surface area contributed by atoms with E-state index < -0.39 is 17.9 Å². The van der Waals surface area contributed by atoms with Gasteiger partial charge in [0.25, 0.3) is 0 Å². The molecule has 3 nitrogen and oxygen atoms in total. The fraction of sp³-hybridized carbons (Fsp3) is 0.500. The number of halogens is 3. The second kappa shape index (κ2) is 5.77. The van der Waals surface area contributed by atoms with Crippen molar-refractivity contribution in [3.63, 3.8) is 0 Å². The van der Waals surface area contributed by atoms with Crippen molar-refractivity contribution in [2.75, 3.05) is 0 Å². The Labute approximate surface area is 125 Å². The first-order valence-electron chi connectivity index (χ1n) is 6.47. The molecule has 1 fully saturated rings. The van der Waals surface area contributed by atoms with Gasteiger partial charge < -0.3 is 5.73 Å². The third-order valence-electron chi connectivity index (χ3n) is 3.72. The van der Waals surface area contributed by atoms with Gasteiger partial charge in [-0.2, -0.15) is 0 Å². The van der Waals surface area contributed by atoms with Crippen molar-refractivity contribution in [1.82, 2.24) is 5.32 Å². The van der Waals surface area contributed by atoms with E-state index in [2.05, 4.69) is 21.2 Å². The fourth-order valence-electron chi connectivity index (χ4n) is 2.49. The molecular formula is C14H17BrF2N2O. The number of rotatable bonds is 5. The Morgan fingerprint density at radius 1 is 1.50 bits per heavy atom. The maximum Gasteiger partial charge on any atom is 0.248 e. The Hall–Kier alpha value is -1.01. The van der Waals surface area contributed by atoms with Crippen molar-refractivity contribution in [2.45, 2.75) is 37.8 Å². The van der Waals surface area contributed by atoms with Gasteiger partial charge in [-0.1, -0.05) is 28.1 Å². The first-order valence-corrected chi connectivity index (χ1v) is 7.26. The molecule has 3 N–H and O–H groups in total. The normalized spacial score (nSPS) is 21.0. The van der Waals surface area contributed by atoms with E-state index in [4.69, 9.17) is 5.73 Å². The molecule has 2 rings (SSSR count). The van der Waals surface area contributed by atoms with Crippen LogP contribution in [0.25, 0.3) is 0 Å². The lowest BCUT2D eigenvalue weighted by Crippen LogP contribution is -2.49. The van der Waals surface area contributed by atoms with Gasteiger partial charge in [0, 0.05) is 23.4 Å². The van der Waals surface area contributed by atoms with Crippen LogP contribution in [0.3, 0.4) is 0 Å². The molecule has 20 heavy (non-hydrogen) atoms. The lowest BCUT2D eigenvalue weighted by molar-refractivity contribution is -0.124. The van der Waals surface area contributed by atoms with Crippen LogP contribution >= 0.6 is 15.9 Å². The predicted molar refractivity (Wildman–Crippen MR) is 76.3 cm³/mol. The van der Waals surface area contributed by atoms with Crippen LogP contribution in [-0.2, 0) is 4.79 Å². The van der Waals surface area contributed by atoms with Crippen molar-refractivity contribution < 1.29 is 13.6 Å². The zero-order valence-electron chi connectivity index (χ0n) is 11.1. The molecule has 0 saturated heterocycles. The molecule has 1 aliphatic carbocycles. The molecule has 0 aromatic heterocycles. The van der Waals surface area contributed by atoms with Crippen molar-refractivity contribution in [1.29, 1.82) is 0 Å². The highest BCUT2D eigenvalue weighted by Gasteiger charge is 2.47. The van der Waals surface area contributed by atoms with Crippen LogP contribution in [0.1, 0.15) is 31.4 Å². The Balaban J connectivity index is 2.05. The number of nitrogens with one attached hydrogen (secondary N) is 1. The van der Waals surface area contributed by atoms with Gasteiger partial charge in [-0.05, 0) is 30.5 Å². The number of carbonyl (C=O) groups is 1. The average molecular weight is 347 g/mol. The summed E-state index contributed by atoms with van der Waals surface area (Å²) in [7, 11) is 0. The topological polar surface area (TPSA) is 55.1 Å². The molecule has 0 aliphatic heterocycles. The van der Waals surface area contributed by atoms with Gasteiger partial charge in [0.15, 0.2) is 0 Å². The maximum absolute atomic E-state index is 12.9. The number of alkyl halides is 2. The molecule has 0 bridgehead atoms. The quantitative estimate of drug-likeness (QED) is 0.860. The highest BCUT2D eigenvalue weighted by atomic mass is 79.9. The second-order valence-electron chi connectivity index (χ2n) is 5.37. The standard InChI is InChI=1S/C14H17BrF2N2O/c1-8(10-6-14(16,17)7-10)19-12(13(18)20)9-3-2-4-11(15)5-9/h2-5,8,10,12,19H,6-7H2,1H3,(H2,18,20). The number of hydrogen-bond donors (Lipinski definition) is 2. The summed E-state index contributed by atoms with van der Waals surface area (Å²) in [5, 5.41) is 3.07. The SMILES string of the molecule is CC(NC(C(N)=O)c1cccc(Br)c1)C1CC(F)(F)C1. The van der Waals surface area contributed by atoms with Gasteiger partial charge in [0.05, 0.1) is 0 Å². The van der Waals surface area contributed by atoms with Crippen LogP contribution in [-0.4, -0.2) is 17.9 Å². The zero-order valence-corrected chi connectivity index (χ0v) is 12.7. The lowest BCUT2D eigenvalue weighted by Gasteiger charge is -2.40. The third-order valence-corrected chi connectivity index (χ3v) is 4.22. The molecule has 0 heterocycles. The first-order chi connectivity index (χ1) is 9.28. The summed E-state index contributed by atoms with van der Waals surface area (Å²) in [5.41, 5.74) is 6.14. The molecule has 110 valence electrons. The van der Waals surface area contributed by atoms with E-state index in [1.165, 1.54) is 0 Å². The summed E-state index contributed by atoms with van der Waals surface area (Å²) >= 11 is 3.34. The minimum atomic E-state index is -2.56. The number of benzene rings is 1. The molecule has 2 atom stereocenters.